The fourth-order valence-electron chi connectivity index (χ4n) is 2.75. The van der Waals surface area contributed by atoms with E-state index < -0.39 is 39.0 Å². The van der Waals surface area contributed by atoms with E-state index >= 15 is 0 Å². The molecule has 0 spiro atoms. The molecular formula is C22H15Cl3F2N2O3. The number of halogens is 5. The predicted molar refractivity (Wildman–Crippen MR) is 119 cm³/mol. The first-order chi connectivity index (χ1) is 15.1. The molecule has 3 aromatic rings. The van der Waals surface area contributed by atoms with Crippen molar-refractivity contribution < 1.29 is 23.1 Å². The summed E-state index contributed by atoms with van der Waals surface area (Å²) in [6.45, 7) is 0. The number of nitrogens with one attached hydrogen (secondary N) is 2. The van der Waals surface area contributed by atoms with Crippen molar-refractivity contribution >= 4 is 52.4 Å². The summed E-state index contributed by atoms with van der Waals surface area (Å²) >= 11 is 18.2. The molecular weight excluding hydrogens is 485 g/mol. The highest BCUT2D eigenvalue weighted by molar-refractivity contribution is 6.68. The van der Waals surface area contributed by atoms with Crippen LogP contribution < -0.4 is 15.4 Å². The summed E-state index contributed by atoms with van der Waals surface area (Å²) in [6.07, 6.45) is -0.899. The minimum absolute atomic E-state index is 0.279. The number of rotatable bonds is 5. The van der Waals surface area contributed by atoms with Gasteiger partial charge in [-0.3, -0.25) is 10.1 Å². The second-order valence-electron chi connectivity index (χ2n) is 6.48. The standard InChI is InChI=1S/C22H15Cl3F2N2O3/c23-22(24,25)19(13-5-2-1-3-6-13)32-15-11-9-14(10-12-15)28-21(31)29-20(30)18-16(26)7-4-8-17(18)27/h1-12,19H,(H2,28,29,30,31). The molecule has 0 saturated carbocycles. The van der Waals surface area contributed by atoms with Gasteiger partial charge in [0.25, 0.3) is 5.91 Å². The van der Waals surface area contributed by atoms with Crippen LogP contribution in [0, 0.1) is 11.6 Å². The molecule has 1 unspecified atom stereocenters. The lowest BCUT2D eigenvalue weighted by atomic mass is 10.1. The van der Waals surface area contributed by atoms with Gasteiger partial charge < -0.3 is 10.1 Å². The van der Waals surface area contributed by atoms with Crippen LogP contribution in [0.1, 0.15) is 22.0 Å². The molecule has 0 bridgehead atoms. The van der Waals surface area contributed by atoms with E-state index in [4.69, 9.17) is 39.5 Å². The number of alkyl halides is 3. The first-order valence-electron chi connectivity index (χ1n) is 9.10. The number of carbonyl (C=O) groups is 2. The van der Waals surface area contributed by atoms with Crippen LogP contribution in [0.15, 0.2) is 72.8 Å². The maximum Gasteiger partial charge on any atom is 0.326 e. The van der Waals surface area contributed by atoms with Crippen LogP contribution in [-0.2, 0) is 0 Å². The number of urea groups is 1. The van der Waals surface area contributed by atoms with Crippen LogP contribution in [0.2, 0.25) is 0 Å². The lowest BCUT2D eigenvalue weighted by Crippen LogP contribution is -2.35. The Hall–Kier alpha value is -2.87. The van der Waals surface area contributed by atoms with Gasteiger partial charge in [0, 0.05) is 5.69 Å². The van der Waals surface area contributed by atoms with Crippen LogP contribution >= 0.6 is 34.8 Å². The van der Waals surface area contributed by atoms with Gasteiger partial charge >= 0.3 is 6.03 Å². The maximum atomic E-state index is 13.7. The second kappa shape index (κ2) is 10.2. The topological polar surface area (TPSA) is 67.4 Å². The molecule has 3 rings (SSSR count). The molecule has 0 aliphatic carbocycles. The van der Waals surface area contributed by atoms with Crippen molar-refractivity contribution in [3.63, 3.8) is 0 Å². The molecule has 0 fully saturated rings. The zero-order chi connectivity index (χ0) is 23.3. The molecule has 3 aromatic carbocycles. The smallest absolute Gasteiger partial charge is 0.326 e. The Morgan fingerprint density at radius 2 is 1.44 bits per heavy atom. The largest absolute Gasteiger partial charge is 0.481 e. The van der Waals surface area contributed by atoms with Gasteiger partial charge in [0.1, 0.15) is 22.9 Å². The normalized spacial score (nSPS) is 12.0. The monoisotopic (exact) mass is 498 g/mol. The van der Waals surface area contributed by atoms with E-state index in [2.05, 4.69) is 5.32 Å². The van der Waals surface area contributed by atoms with Gasteiger partial charge in [-0.25, -0.2) is 13.6 Å². The quantitative estimate of drug-likeness (QED) is 0.398. The Morgan fingerprint density at radius 3 is 2.00 bits per heavy atom. The Kier molecular flexibility index (Phi) is 7.56. The lowest BCUT2D eigenvalue weighted by Gasteiger charge is -2.26. The molecule has 5 nitrogen and oxygen atoms in total. The summed E-state index contributed by atoms with van der Waals surface area (Å²) in [6, 6.07) is 16.8. The number of benzene rings is 3. The zero-order valence-corrected chi connectivity index (χ0v) is 18.4. The predicted octanol–water partition coefficient (Wildman–Crippen LogP) is 6.42. The first-order valence-corrected chi connectivity index (χ1v) is 10.2. The molecule has 3 amide bonds. The number of anilines is 1. The van der Waals surface area contributed by atoms with Gasteiger partial charge in [0.2, 0.25) is 3.79 Å². The molecule has 0 aliphatic heterocycles. The van der Waals surface area contributed by atoms with Gasteiger partial charge in [-0.2, -0.15) is 0 Å². The number of hydrogen-bond acceptors (Lipinski definition) is 3. The van der Waals surface area contributed by atoms with Crippen LogP contribution in [-0.4, -0.2) is 15.7 Å². The molecule has 2 N–H and O–H groups in total. The zero-order valence-electron chi connectivity index (χ0n) is 16.1. The molecule has 1 atom stereocenters. The average Bonchev–Trinajstić information content (AvgIpc) is 2.72. The summed E-state index contributed by atoms with van der Waals surface area (Å²) in [5.74, 6) is -3.04. The molecule has 0 aromatic heterocycles. The van der Waals surface area contributed by atoms with Crippen molar-refractivity contribution in [3.8, 4) is 5.75 Å². The highest BCUT2D eigenvalue weighted by Gasteiger charge is 2.36. The fraction of sp³-hybridized carbons (Fsp3) is 0.0909. The third-order valence-electron chi connectivity index (χ3n) is 4.18. The van der Waals surface area contributed by atoms with E-state index in [-0.39, 0.29) is 5.69 Å². The molecule has 166 valence electrons. The Balaban J connectivity index is 1.65. The Bertz CT molecular complexity index is 1090. The average molecular weight is 500 g/mol. The van der Waals surface area contributed by atoms with Crippen LogP contribution in [0.4, 0.5) is 19.3 Å². The summed E-state index contributed by atoms with van der Waals surface area (Å²) in [7, 11) is 0. The molecule has 0 heterocycles. The first kappa shape index (κ1) is 23.8. The van der Waals surface area contributed by atoms with E-state index in [0.717, 1.165) is 18.2 Å². The van der Waals surface area contributed by atoms with E-state index in [1.54, 1.807) is 24.3 Å². The minimum Gasteiger partial charge on any atom is -0.481 e. The second-order valence-corrected chi connectivity index (χ2v) is 8.85. The van der Waals surface area contributed by atoms with Gasteiger partial charge in [-0.05, 0) is 42.0 Å². The number of amides is 3. The minimum atomic E-state index is -1.75. The van der Waals surface area contributed by atoms with E-state index in [1.165, 1.54) is 24.3 Å². The van der Waals surface area contributed by atoms with Crippen LogP contribution in [0.3, 0.4) is 0 Å². The third-order valence-corrected chi connectivity index (χ3v) is 4.78. The summed E-state index contributed by atoms with van der Waals surface area (Å²) in [4.78, 5) is 24.0. The van der Waals surface area contributed by atoms with Crippen molar-refractivity contribution in [3.05, 3.63) is 95.6 Å². The van der Waals surface area contributed by atoms with Gasteiger partial charge in [0.15, 0.2) is 6.10 Å². The summed E-state index contributed by atoms with van der Waals surface area (Å²) in [5, 5.41) is 4.24. The number of carbonyl (C=O) groups excluding carboxylic acids is 2. The third kappa shape index (κ3) is 6.09. The Labute approximate surface area is 197 Å². The van der Waals surface area contributed by atoms with Crippen molar-refractivity contribution in [1.29, 1.82) is 0 Å². The highest BCUT2D eigenvalue weighted by atomic mass is 35.6. The van der Waals surface area contributed by atoms with Crippen molar-refractivity contribution in [1.82, 2.24) is 5.32 Å². The van der Waals surface area contributed by atoms with E-state index in [1.807, 2.05) is 11.4 Å². The molecule has 0 aliphatic rings. The SMILES string of the molecule is O=C(NC(=O)c1c(F)cccc1F)Nc1ccc(OC(c2ccccc2)C(Cl)(Cl)Cl)cc1. The van der Waals surface area contributed by atoms with Crippen molar-refractivity contribution in [2.75, 3.05) is 5.32 Å². The summed E-state index contributed by atoms with van der Waals surface area (Å²) < 4.78 is 31.4. The van der Waals surface area contributed by atoms with Gasteiger partial charge in [0.05, 0.1) is 0 Å². The van der Waals surface area contributed by atoms with Gasteiger partial charge in [-0.1, -0.05) is 71.2 Å². The van der Waals surface area contributed by atoms with E-state index in [9.17, 15) is 18.4 Å². The molecule has 0 saturated heterocycles. The van der Waals surface area contributed by atoms with Crippen molar-refractivity contribution in [2.24, 2.45) is 0 Å². The summed E-state index contributed by atoms with van der Waals surface area (Å²) in [5.41, 5.74) is 0.0693. The maximum absolute atomic E-state index is 13.7. The Morgan fingerprint density at radius 1 is 0.844 bits per heavy atom. The number of ether oxygens (including phenoxy) is 1. The molecule has 10 heteroatoms. The van der Waals surface area contributed by atoms with Crippen LogP contribution in [0.5, 0.6) is 5.75 Å². The fourth-order valence-corrected chi connectivity index (χ4v) is 3.26. The van der Waals surface area contributed by atoms with Crippen molar-refractivity contribution in [2.45, 2.75) is 9.90 Å². The van der Waals surface area contributed by atoms with E-state index in [0.29, 0.717) is 11.3 Å². The molecule has 0 radical (unpaired) electrons. The van der Waals surface area contributed by atoms with Gasteiger partial charge in [-0.15, -0.1) is 0 Å². The van der Waals surface area contributed by atoms with Crippen LogP contribution in [0.25, 0.3) is 0 Å². The number of hydrogen-bond donors (Lipinski definition) is 2. The lowest BCUT2D eigenvalue weighted by molar-refractivity contribution is 0.0959. The number of imide groups is 1. The molecule has 32 heavy (non-hydrogen) atoms. The highest BCUT2D eigenvalue weighted by Crippen LogP contribution is 2.42.